The molecule has 4 fully saturated rings. The van der Waals surface area contributed by atoms with Crippen LogP contribution in [0.4, 0.5) is 0 Å². The van der Waals surface area contributed by atoms with Crippen LogP contribution in [-0.2, 0) is 9.53 Å². The Hall–Kier alpha value is -0.570. The van der Waals surface area contributed by atoms with E-state index in [-0.39, 0.29) is 5.41 Å². The van der Waals surface area contributed by atoms with Crippen molar-refractivity contribution in [2.24, 2.45) is 39.9 Å². The summed E-state index contributed by atoms with van der Waals surface area (Å²) in [5, 5.41) is 9.97. The molecule has 1 spiro atoms. The first kappa shape index (κ1) is 16.9. The predicted molar refractivity (Wildman–Crippen MR) is 93.7 cm³/mol. The second-order valence-corrected chi connectivity index (χ2v) is 10.0. The summed E-state index contributed by atoms with van der Waals surface area (Å²) in [6.45, 7) is 5.43. The summed E-state index contributed by atoms with van der Waals surface area (Å²) in [6.07, 6.45) is 11.0. The zero-order chi connectivity index (χ0) is 17.2. The fourth-order valence-electron chi connectivity index (χ4n) is 8.25. The Kier molecular flexibility index (Phi) is 3.84. The lowest BCUT2D eigenvalue weighted by atomic mass is 9.41. The van der Waals surface area contributed by atoms with Crippen molar-refractivity contribution in [2.45, 2.75) is 71.6 Å². The summed E-state index contributed by atoms with van der Waals surface area (Å²) >= 11 is 0. The first-order valence-electron chi connectivity index (χ1n) is 10.1. The van der Waals surface area contributed by atoms with Gasteiger partial charge >= 0.3 is 5.97 Å². The van der Waals surface area contributed by atoms with Crippen molar-refractivity contribution in [3.05, 3.63) is 0 Å². The molecule has 0 heterocycles. The molecule has 4 aliphatic carbocycles. The number of methoxy groups -OCH3 is 1. The third kappa shape index (κ3) is 2.09. The Balaban J connectivity index is 1.67. The minimum absolute atomic E-state index is 0.233. The van der Waals surface area contributed by atoms with Crippen molar-refractivity contribution >= 4 is 5.97 Å². The lowest BCUT2D eigenvalue weighted by molar-refractivity contribution is -0.181. The van der Waals surface area contributed by atoms with E-state index in [4.69, 9.17) is 4.74 Å². The minimum Gasteiger partial charge on any atom is -0.481 e. The maximum Gasteiger partial charge on any atom is 0.309 e. The molecule has 0 unspecified atom stereocenters. The van der Waals surface area contributed by atoms with Gasteiger partial charge in [0.1, 0.15) is 0 Å². The van der Waals surface area contributed by atoms with Gasteiger partial charge in [-0.1, -0.05) is 13.3 Å². The zero-order valence-corrected chi connectivity index (χ0v) is 15.6. The van der Waals surface area contributed by atoms with Gasteiger partial charge < -0.3 is 9.84 Å². The van der Waals surface area contributed by atoms with Crippen molar-refractivity contribution in [2.75, 3.05) is 13.7 Å². The van der Waals surface area contributed by atoms with Gasteiger partial charge in [0.2, 0.25) is 0 Å². The number of carboxylic acid groups (broad SMARTS) is 1. The Morgan fingerprint density at radius 2 is 1.88 bits per heavy atom. The van der Waals surface area contributed by atoms with E-state index in [2.05, 4.69) is 6.92 Å². The van der Waals surface area contributed by atoms with Crippen LogP contribution < -0.4 is 0 Å². The molecule has 0 radical (unpaired) electrons. The molecule has 4 aliphatic rings. The number of ether oxygens (including phenoxy) is 1. The summed E-state index contributed by atoms with van der Waals surface area (Å²) in [4.78, 5) is 12.1. The number of hydrogen-bond donors (Lipinski definition) is 1. The van der Waals surface area contributed by atoms with Crippen molar-refractivity contribution in [3.8, 4) is 0 Å². The summed E-state index contributed by atoms with van der Waals surface area (Å²) in [6, 6.07) is 0. The van der Waals surface area contributed by atoms with Crippen molar-refractivity contribution in [1.82, 2.24) is 0 Å². The summed E-state index contributed by atoms with van der Waals surface area (Å²) < 4.78 is 5.53. The molecule has 0 amide bonds. The molecule has 24 heavy (non-hydrogen) atoms. The molecule has 0 saturated heterocycles. The van der Waals surface area contributed by atoms with Crippen LogP contribution in [0.2, 0.25) is 0 Å². The van der Waals surface area contributed by atoms with E-state index in [1.165, 1.54) is 38.5 Å². The highest BCUT2D eigenvalue weighted by molar-refractivity contribution is 5.75. The smallest absolute Gasteiger partial charge is 0.309 e. The second kappa shape index (κ2) is 5.46. The maximum absolute atomic E-state index is 12.1. The van der Waals surface area contributed by atoms with Crippen LogP contribution in [0.25, 0.3) is 0 Å². The monoisotopic (exact) mass is 334 g/mol. The highest BCUT2D eigenvalue weighted by Crippen LogP contribution is 2.72. The SMILES string of the molecule is COC[C@H]1C[C@@]23CC[C@H]4[C@@](C)(CCC[C@@]4(C)C(=O)O)[C@@H]2CC[C@@H]1C3. The predicted octanol–water partition coefficient (Wildman–Crippen LogP) is 4.75. The van der Waals surface area contributed by atoms with Crippen LogP contribution >= 0.6 is 0 Å². The second-order valence-electron chi connectivity index (χ2n) is 10.0. The molecule has 0 aliphatic heterocycles. The lowest BCUT2D eigenvalue weighted by Gasteiger charge is -2.63. The molecule has 0 aromatic rings. The summed E-state index contributed by atoms with van der Waals surface area (Å²) in [5.41, 5.74) is 0.223. The van der Waals surface area contributed by atoms with Crippen LogP contribution in [0.5, 0.6) is 0 Å². The van der Waals surface area contributed by atoms with Crippen LogP contribution in [-0.4, -0.2) is 24.8 Å². The first-order chi connectivity index (χ1) is 11.4. The Labute approximate surface area is 146 Å². The topological polar surface area (TPSA) is 46.5 Å². The lowest BCUT2D eigenvalue weighted by Crippen LogP contribution is -2.58. The Bertz CT molecular complexity index is 531. The molecule has 3 heteroatoms. The zero-order valence-electron chi connectivity index (χ0n) is 15.6. The van der Waals surface area contributed by atoms with Gasteiger partial charge in [0.15, 0.2) is 0 Å². The molecule has 136 valence electrons. The number of hydrogen-bond acceptors (Lipinski definition) is 2. The summed E-state index contributed by atoms with van der Waals surface area (Å²) in [5.74, 6) is 2.16. The fourth-order valence-corrected chi connectivity index (χ4v) is 8.25. The molecule has 7 atom stereocenters. The highest BCUT2D eigenvalue weighted by Gasteiger charge is 2.65. The van der Waals surface area contributed by atoms with Gasteiger partial charge in [-0.05, 0) is 92.8 Å². The van der Waals surface area contributed by atoms with E-state index in [0.717, 1.165) is 43.6 Å². The molecule has 4 rings (SSSR count). The van der Waals surface area contributed by atoms with Gasteiger partial charge in [-0.25, -0.2) is 0 Å². The van der Waals surface area contributed by atoms with Gasteiger partial charge in [-0.15, -0.1) is 0 Å². The highest BCUT2D eigenvalue weighted by atomic mass is 16.5. The number of carboxylic acids is 1. The minimum atomic E-state index is -0.549. The molecule has 1 N–H and O–H groups in total. The molecular formula is C21H34O3. The van der Waals surface area contributed by atoms with Gasteiger partial charge in [0.25, 0.3) is 0 Å². The van der Waals surface area contributed by atoms with Gasteiger partial charge in [0.05, 0.1) is 5.41 Å². The number of rotatable bonds is 3. The number of carbonyl (C=O) groups is 1. The first-order valence-corrected chi connectivity index (χ1v) is 10.1. The standard InChI is InChI=1S/C21H34O3/c1-19-8-4-9-20(2,18(22)23)16(19)7-10-21-11-14(5-6-17(19)21)15(12-21)13-24-3/h14-17H,4-13H2,1-3H3,(H,22,23)/t14-,15-,16+,17+,19-,20-,21+/m1/s1. The summed E-state index contributed by atoms with van der Waals surface area (Å²) in [7, 11) is 1.84. The van der Waals surface area contributed by atoms with Crippen molar-refractivity contribution in [1.29, 1.82) is 0 Å². The molecule has 0 aromatic heterocycles. The third-order valence-corrected chi connectivity index (χ3v) is 9.14. The normalized spacial score (nSPS) is 53.3. The Morgan fingerprint density at radius 3 is 2.58 bits per heavy atom. The molecule has 4 saturated carbocycles. The maximum atomic E-state index is 12.1. The molecular weight excluding hydrogens is 300 g/mol. The van der Waals surface area contributed by atoms with Crippen LogP contribution in [0.3, 0.4) is 0 Å². The van der Waals surface area contributed by atoms with E-state index in [0.29, 0.717) is 11.3 Å². The Morgan fingerprint density at radius 1 is 1.08 bits per heavy atom. The number of aliphatic carboxylic acids is 1. The van der Waals surface area contributed by atoms with E-state index in [9.17, 15) is 9.90 Å². The average Bonchev–Trinajstić information content (AvgIpc) is 2.78. The van der Waals surface area contributed by atoms with Crippen molar-refractivity contribution < 1.29 is 14.6 Å². The van der Waals surface area contributed by atoms with E-state index < -0.39 is 11.4 Å². The van der Waals surface area contributed by atoms with Crippen LogP contribution in [0.1, 0.15) is 71.6 Å². The third-order valence-electron chi connectivity index (χ3n) is 9.14. The molecule has 2 bridgehead atoms. The number of fused-ring (bicyclic) bond motifs is 3. The van der Waals surface area contributed by atoms with E-state index in [1.807, 2.05) is 14.0 Å². The average molecular weight is 335 g/mol. The van der Waals surface area contributed by atoms with Gasteiger partial charge in [-0.3, -0.25) is 4.79 Å². The van der Waals surface area contributed by atoms with Crippen LogP contribution in [0, 0.1) is 39.9 Å². The molecule has 3 nitrogen and oxygen atoms in total. The van der Waals surface area contributed by atoms with E-state index >= 15 is 0 Å². The van der Waals surface area contributed by atoms with Crippen molar-refractivity contribution in [3.63, 3.8) is 0 Å². The fraction of sp³-hybridized carbons (Fsp3) is 0.952. The quantitative estimate of drug-likeness (QED) is 0.810. The van der Waals surface area contributed by atoms with Gasteiger partial charge in [0, 0.05) is 13.7 Å². The van der Waals surface area contributed by atoms with Gasteiger partial charge in [-0.2, -0.15) is 0 Å². The van der Waals surface area contributed by atoms with Crippen LogP contribution in [0.15, 0.2) is 0 Å². The van der Waals surface area contributed by atoms with E-state index in [1.54, 1.807) is 0 Å². The largest absolute Gasteiger partial charge is 0.481 e. The molecule has 0 aromatic carbocycles.